The first-order chi connectivity index (χ1) is 11.6. The number of guanidine groups is 1. The van der Waals surface area contributed by atoms with E-state index in [4.69, 9.17) is 0 Å². The van der Waals surface area contributed by atoms with Crippen molar-refractivity contribution in [3.05, 3.63) is 52.0 Å². The third-order valence-electron chi connectivity index (χ3n) is 4.63. The highest BCUT2D eigenvalue weighted by Gasteiger charge is 2.28. The molecule has 2 aromatic rings. The Hall–Kier alpha value is -1.15. The van der Waals surface area contributed by atoms with E-state index >= 15 is 0 Å². The van der Waals surface area contributed by atoms with Crippen LogP contribution in [0.2, 0.25) is 0 Å². The standard InChI is InChI=1S/C19H28N4S.HI/c1-5-19(6-2,16-10-8-7-9-11-16)14-23-18(20-4)22-13-17-21-12-15(3)24-17;/h7-12H,5-6,13-14H2,1-4H3,(H2,20,22,23);1H. The first-order valence-electron chi connectivity index (χ1n) is 8.55. The molecule has 1 aromatic carbocycles. The van der Waals surface area contributed by atoms with Gasteiger partial charge < -0.3 is 10.6 Å². The Balaban J connectivity index is 0.00000312. The van der Waals surface area contributed by atoms with Crippen molar-refractivity contribution < 1.29 is 0 Å². The number of nitrogens with one attached hydrogen (secondary N) is 2. The Morgan fingerprint density at radius 3 is 2.36 bits per heavy atom. The zero-order valence-corrected chi connectivity index (χ0v) is 18.7. The summed E-state index contributed by atoms with van der Waals surface area (Å²) in [6.07, 6.45) is 4.08. The zero-order valence-electron chi connectivity index (χ0n) is 15.5. The van der Waals surface area contributed by atoms with Crippen LogP contribution in [0.3, 0.4) is 0 Å². The van der Waals surface area contributed by atoms with E-state index in [0.29, 0.717) is 6.54 Å². The molecule has 0 aliphatic carbocycles. The topological polar surface area (TPSA) is 49.3 Å². The zero-order chi connectivity index (χ0) is 17.4. The molecule has 2 N–H and O–H groups in total. The highest BCUT2D eigenvalue weighted by molar-refractivity contribution is 14.0. The monoisotopic (exact) mass is 472 g/mol. The van der Waals surface area contributed by atoms with Gasteiger partial charge in [0.15, 0.2) is 5.96 Å². The van der Waals surface area contributed by atoms with Crippen LogP contribution in [-0.4, -0.2) is 24.5 Å². The molecule has 0 bridgehead atoms. The smallest absolute Gasteiger partial charge is 0.191 e. The summed E-state index contributed by atoms with van der Waals surface area (Å²) in [5.41, 5.74) is 1.50. The number of halogens is 1. The van der Waals surface area contributed by atoms with Gasteiger partial charge in [-0.1, -0.05) is 44.2 Å². The van der Waals surface area contributed by atoms with Gasteiger partial charge in [0.05, 0.1) is 6.54 Å². The van der Waals surface area contributed by atoms with E-state index in [9.17, 15) is 0 Å². The summed E-state index contributed by atoms with van der Waals surface area (Å²) in [5.74, 6) is 0.824. The van der Waals surface area contributed by atoms with Crippen molar-refractivity contribution in [1.82, 2.24) is 15.6 Å². The lowest BCUT2D eigenvalue weighted by atomic mass is 9.76. The van der Waals surface area contributed by atoms with Gasteiger partial charge in [-0.25, -0.2) is 4.98 Å². The molecule has 0 atom stereocenters. The van der Waals surface area contributed by atoms with Crippen LogP contribution in [-0.2, 0) is 12.0 Å². The van der Waals surface area contributed by atoms with Crippen molar-refractivity contribution in [1.29, 1.82) is 0 Å². The van der Waals surface area contributed by atoms with E-state index in [0.717, 1.165) is 30.4 Å². The fraction of sp³-hybridized carbons (Fsp3) is 0.474. The second kappa shape index (κ2) is 10.8. The normalized spacial score (nSPS) is 11.8. The van der Waals surface area contributed by atoms with Crippen LogP contribution in [0.15, 0.2) is 41.5 Å². The van der Waals surface area contributed by atoms with E-state index in [1.807, 2.05) is 13.2 Å². The Kier molecular flexibility index (Phi) is 9.42. The molecule has 0 radical (unpaired) electrons. The second-order valence-corrected chi connectivity index (χ2v) is 7.32. The van der Waals surface area contributed by atoms with Gasteiger partial charge in [-0.15, -0.1) is 35.3 Å². The Morgan fingerprint density at radius 1 is 1.16 bits per heavy atom. The number of nitrogens with zero attached hydrogens (tertiary/aromatic N) is 2. The molecule has 0 fully saturated rings. The molecule has 6 heteroatoms. The summed E-state index contributed by atoms with van der Waals surface area (Å²) in [6, 6.07) is 10.8. The van der Waals surface area contributed by atoms with E-state index in [2.05, 4.69) is 71.7 Å². The average Bonchev–Trinajstić information content (AvgIpc) is 3.05. The third kappa shape index (κ3) is 5.95. The number of aryl methyl sites for hydroxylation is 1. The minimum absolute atomic E-state index is 0. The molecule has 2 rings (SSSR count). The SMILES string of the molecule is CCC(CC)(CNC(=NC)NCc1ncc(C)s1)c1ccccc1.I. The van der Waals surface area contributed by atoms with E-state index in [1.165, 1.54) is 10.4 Å². The molecule has 25 heavy (non-hydrogen) atoms. The molecule has 0 aliphatic rings. The Bertz CT molecular complexity index is 650. The molecular formula is C19H29IN4S. The molecule has 0 aliphatic heterocycles. The van der Waals surface area contributed by atoms with Crippen molar-refractivity contribution in [3.8, 4) is 0 Å². The van der Waals surface area contributed by atoms with Crippen molar-refractivity contribution in [2.45, 2.75) is 45.6 Å². The molecule has 0 saturated heterocycles. The first kappa shape index (κ1) is 21.9. The lowest BCUT2D eigenvalue weighted by Gasteiger charge is -2.33. The maximum atomic E-state index is 4.38. The molecule has 0 saturated carbocycles. The maximum Gasteiger partial charge on any atom is 0.191 e. The molecule has 1 heterocycles. The number of hydrogen-bond donors (Lipinski definition) is 2. The number of hydrogen-bond acceptors (Lipinski definition) is 3. The predicted octanol–water partition coefficient (Wildman–Crippen LogP) is 4.49. The van der Waals surface area contributed by atoms with E-state index in [-0.39, 0.29) is 29.4 Å². The van der Waals surface area contributed by atoms with Crippen molar-refractivity contribution in [3.63, 3.8) is 0 Å². The van der Waals surface area contributed by atoms with Crippen molar-refractivity contribution in [2.24, 2.45) is 4.99 Å². The molecular weight excluding hydrogens is 443 g/mol. The number of aromatic nitrogens is 1. The number of aliphatic imine (C=N–C) groups is 1. The van der Waals surface area contributed by atoms with Gasteiger partial charge in [-0.05, 0) is 25.3 Å². The first-order valence-corrected chi connectivity index (χ1v) is 9.36. The average molecular weight is 472 g/mol. The minimum Gasteiger partial charge on any atom is -0.356 e. The molecule has 0 spiro atoms. The fourth-order valence-corrected chi connectivity index (χ4v) is 3.64. The summed E-state index contributed by atoms with van der Waals surface area (Å²) in [5, 5.41) is 7.94. The number of rotatable bonds is 7. The van der Waals surface area contributed by atoms with Crippen LogP contribution in [0.25, 0.3) is 0 Å². The van der Waals surface area contributed by atoms with Gasteiger partial charge in [-0.3, -0.25) is 4.99 Å². The Morgan fingerprint density at radius 2 is 1.84 bits per heavy atom. The van der Waals surface area contributed by atoms with Crippen LogP contribution >= 0.6 is 35.3 Å². The van der Waals surface area contributed by atoms with Gasteiger partial charge in [0.1, 0.15) is 5.01 Å². The quantitative estimate of drug-likeness (QED) is 0.355. The fourth-order valence-electron chi connectivity index (χ4n) is 2.92. The largest absolute Gasteiger partial charge is 0.356 e. The number of benzene rings is 1. The van der Waals surface area contributed by atoms with E-state index in [1.54, 1.807) is 11.3 Å². The number of thiazole rings is 1. The lowest BCUT2D eigenvalue weighted by Crippen LogP contribution is -2.45. The highest BCUT2D eigenvalue weighted by Crippen LogP contribution is 2.30. The van der Waals surface area contributed by atoms with Gasteiger partial charge in [0, 0.05) is 30.1 Å². The summed E-state index contributed by atoms with van der Waals surface area (Å²) in [7, 11) is 1.81. The van der Waals surface area contributed by atoms with Crippen LogP contribution in [0.1, 0.15) is 42.1 Å². The molecule has 1 aromatic heterocycles. The summed E-state index contributed by atoms with van der Waals surface area (Å²) in [4.78, 5) is 9.96. The molecule has 0 amide bonds. The summed E-state index contributed by atoms with van der Waals surface area (Å²) < 4.78 is 0. The molecule has 138 valence electrons. The molecule has 0 unspecified atom stereocenters. The molecule has 4 nitrogen and oxygen atoms in total. The van der Waals surface area contributed by atoms with Crippen LogP contribution < -0.4 is 10.6 Å². The van der Waals surface area contributed by atoms with Crippen LogP contribution in [0.5, 0.6) is 0 Å². The van der Waals surface area contributed by atoms with E-state index < -0.39 is 0 Å². The third-order valence-corrected chi connectivity index (χ3v) is 5.55. The Labute approximate surface area is 172 Å². The van der Waals surface area contributed by atoms with Gasteiger partial charge in [0.2, 0.25) is 0 Å². The van der Waals surface area contributed by atoms with Crippen LogP contribution in [0.4, 0.5) is 0 Å². The lowest BCUT2D eigenvalue weighted by molar-refractivity contribution is 0.389. The minimum atomic E-state index is 0. The summed E-state index contributed by atoms with van der Waals surface area (Å²) in [6.45, 7) is 8.15. The van der Waals surface area contributed by atoms with Crippen molar-refractivity contribution in [2.75, 3.05) is 13.6 Å². The highest BCUT2D eigenvalue weighted by atomic mass is 127. The second-order valence-electron chi connectivity index (χ2n) is 6.00. The predicted molar refractivity (Wildman–Crippen MR) is 119 cm³/mol. The van der Waals surface area contributed by atoms with Crippen LogP contribution in [0, 0.1) is 6.92 Å². The summed E-state index contributed by atoms with van der Waals surface area (Å²) >= 11 is 1.71. The van der Waals surface area contributed by atoms with Gasteiger partial charge >= 0.3 is 0 Å². The maximum absolute atomic E-state index is 4.38. The van der Waals surface area contributed by atoms with Crippen molar-refractivity contribution >= 4 is 41.3 Å². The van der Waals surface area contributed by atoms with Gasteiger partial charge in [0.25, 0.3) is 0 Å². The van der Waals surface area contributed by atoms with Gasteiger partial charge in [-0.2, -0.15) is 0 Å².